The van der Waals surface area contributed by atoms with Gasteiger partial charge in [-0.1, -0.05) is 0 Å². The molecule has 1 aromatic carbocycles. The molecule has 88 valence electrons. The maximum absolute atomic E-state index is 13.1. The highest BCUT2D eigenvalue weighted by Crippen LogP contribution is 2.25. The van der Waals surface area contributed by atoms with Crippen molar-refractivity contribution in [3.63, 3.8) is 0 Å². The summed E-state index contributed by atoms with van der Waals surface area (Å²) in [7, 11) is 0. The van der Waals surface area contributed by atoms with E-state index < -0.39 is 0 Å². The standard InChI is InChI=1S/C11H10FIN4/c12-7-1-2-8(9(13)5-7)11-16-15-10-6-14-3-4-17(10)11/h1-2,5,14H,3-4,6H2. The monoisotopic (exact) mass is 344 g/mol. The molecule has 0 spiro atoms. The van der Waals surface area contributed by atoms with Gasteiger partial charge in [0.05, 0.1) is 6.54 Å². The molecule has 0 radical (unpaired) electrons. The third-order valence-electron chi connectivity index (χ3n) is 2.79. The molecule has 2 heterocycles. The third-order valence-corrected chi connectivity index (χ3v) is 3.69. The highest BCUT2D eigenvalue weighted by Gasteiger charge is 2.18. The summed E-state index contributed by atoms with van der Waals surface area (Å²) in [5.41, 5.74) is 0.938. The van der Waals surface area contributed by atoms with Gasteiger partial charge < -0.3 is 9.88 Å². The van der Waals surface area contributed by atoms with Crippen molar-refractivity contribution in [3.05, 3.63) is 33.4 Å². The lowest BCUT2D eigenvalue weighted by atomic mass is 10.2. The summed E-state index contributed by atoms with van der Waals surface area (Å²) in [6.07, 6.45) is 0. The van der Waals surface area contributed by atoms with Crippen LogP contribution in [0.5, 0.6) is 0 Å². The maximum Gasteiger partial charge on any atom is 0.165 e. The normalized spacial score (nSPS) is 14.7. The molecule has 3 rings (SSSR count). The fraction of sp³-hybridized carbons (Fsp3) is 0.273. The van der Waals surface area contributed by atoms with Gasteiger partial charge in [-0.15, -0.1) is 10.2 Å². The average Bonchev–Trinajstić information content (AvgIpc) is 2.73. The molecule has 0 unspecified atom stereocenters. The molecule has 1 N–H and O–H groups in total. The lowest BCUT2D eigenvalue weighted by Crippen LogP contribution is -2.28. The van der Waals surface area contributed by atoms with Crippen LogP contribution in [0.1, 0.15) is 5.82 Å². The summed E-state index contributed by atoms with van der Waals surface area (Å²) in [6.45, 7) is 2.51. The summed E-state index contributed by atoms with van der Waals surface area (Å²) in [6, 6.07) is 4.73. The van der Waals surface area contributed by atoms with Crippen LogP contribution in [0.15, 0.2) is 18.2 Å². The number of fused-ring (bicyclic) bond motifs is 1. The van der Waals surface area contributed by atoms with Gasteiger partial charge in [0.1, 0.15) is 11.6 Å². The van der Waals surface area contributed by atoms with E-state index in [1.807, 2.05) is 0 Å². The van der Waals surface area contributed by atoms with Crippen LogP contribution in [0.3, 0.4) is 0 Å². The second-order valence-corrected chi connectivity index (χ2v) is 5.05. The van der Waals surface area contributed by atoms with Crippen LogP contribution in [0.4, 0.5) is 4.39 Å². The van der Waals surface area contributed by atoms with Crippen LogP contribution in [-0.4, -0.2) is 21.3 Å². The lowest BCUT2D eigenvalue weighted by molar-refractivity contribution is 0.508. The van der Waals surface area contributed by atoms with Gasteiger partial charge in [-0.2, -0.15) is 0 Å². The van der Waals surface area contributed by atoms with Crippen LogP contribution in [-0.2, 0) is 13.1 Å². The molecular weight excluding hydrogens is 334 g/mol. The molecule has 0 atom stereocenters. The van der Waals surface area contributed by atoms with E-state index >= 15 is 0 Å². The van der Waals surface area contributed by atoms with E-state index in [1.54, 1.807) is 6.07 Å². The predicted molar refractivity (Wildman–Crippen MR) is 69.8 cm³/mol. The van der Waals surface area contributed by atoms with Gasteiger partial charge in [0.2, 0.25) is 0 Å². The fourth-order valence-electron chi connectivity index (χ4n) is 1.96. The molecule has 1 aliphatic heterocycles. The Morgan fingerprint density at radius 2 is 2.24 bits per heavy atom. The molecule has 1 aliphatic rings. The Morgan fingerprint density at radius 1 is 1.35 bits per heavy atom. The van der Waals surface area contributed by atoms with E-state index in [0.29, 0.717) is 0 Å². The van der Waals surface area contributed by atoms with Gasteiger partial charge in [0.15, 0.2) is 5.82 Å². The number of halogens is 2. The number of hydrogen-bond donors (Lipinski definition) is 1. The Labute approximate surface area is 111 Å². The zero-order valence-corrected chi connectivity index (χ0v) is 11.1. The van der Waals surface area contributed by atoms with Crippen molar-refractivity contribution in [3.8, 4) is 11.4 Å². The Bertz CT molecular complexity index is 567. The predicted octanol–water partition coefficient (Wildman–Crippen LogP) is 1.79. The Balaban J connectivity index is 2.12. The SMILES string of the molecule is Fc1ccc(-c2nnc3n2CCNC3)c(I)c1. The molecule has 17 heavy (non-hydrogen) atoms. The first-order valence-electron chi connectivity index (χ1n) is 5.34. The van der Waals surface area contributed by atoms with Crippen molar-refractivity contribution in [2.75, 3.05) is 6.54 Å². The van der Waals surface area contributed by atoms with Crippen LogP contribution in [0, 0.1) is 9.39 Å². The molecule has 4 nitrogen and oxygen atoms in total. The zero-order valence-electron chi connectivity index (χ0n) is 8.95. The van der Waals surface area contributed by atoms with E-state index in [9.17, 15) is 4.39 Å². The number of nitrogens with one attached hydrogen (secondary N) is 1. The zero-order chi connectivity index (χ0) is 11.8. The summed E-state index contributed by atoms with van der Waals surface area (Å²) in [5.74, 6) is 1.54. The molecule has 0 bridgehead atoms. The van der Waals surface area contributed by atoms with Gasteiger partial charge in [-0.3, -0.25) is 0 Å². The summed E-state index contributed by atoms with van der Waals surface area (Å²) in [5, 5.41) is 11.6. The van der Waals surface area contributed by atoms with Crippen LogP contribution < -0.4 is 5.32 Å². The van der Waals surface area contributed by atoms with Gasteiger partial charge in [-0.25, -0.2) is 4.39 Å². The molecule has 0 saturated heterocycles. The third kappa shape index (κ3) is 1.95. The van der Waals surface area contributed by atoms with Crippen molar-refractivity contribution in [1.29, 1.82) is 0 Å². The minimum atomic E-state index is -0.224. The van der Waals surface area contributed by atoms with Gasteiger partial charge in [0.25, 0.3) is 0 Å². The van der Waals surface area contributed by atoms with Gasteiger partial charge in [0, 0.05) is 22.2 Å². The van der Waals surface area contributed by atoms with Crippen LogP contribution in [0.25, 0.3) is 11.4 Å². The topological polar surface area (TPSA) is 42.7 Å². The van der Waals surface area contributed by atoms with E-state index in [-0.39, 0.29) is 5.82 Å². The fourth-order valence-corrected chi connectivity index (χ4v) is 2.68. The average molecular weight is 344 g/mol. The Morgan fingerprint density at radius 3 is 3.06 bits per heavy atom. The summed E-state index contributed by atoms with van der Waals surface area (Å²) in [4.78, 5) is 0. The van der Waals surface area contributed by atoms with Crippen molar-refractivity contribution >= 4 is 22.6 Å². The summed E-state index contributed by atoms with van der Waals surface area (Å²) >= 11 is 2.13. The minimum Gasteiger partial charge on any atom is -0.309 e. The number of benzene rings is 1. The second kappa shape index (κ2) is 4.34. The quantitative estimate of drug-likeness (QED) is 0.803. The van der Waals surface area contributed by atoms with E-state index in [1.165, 1.54) is 12.1 Å². The molecule has 0 aliphatic carbocycles. The summed E-state index contributed by atoms with van der Waals surface area (Å²) < 4.78 is 16.0. The van der Waals surface area contributed by atoms with Crippen molar-refractivity contribution < 1.29 is 4.39 Å². The van der Waals surface area contributed by atoms with Gasteiger partial charge >= 0.3 is 0 Å². The minimum absolute atomic E-state index is 0.224. The number of aromatic nitrogens is 3. The molecule has 0 fully saturated rings. The first-order chi connectivity index (χ1) is 8.25. The first-order valence-corrected chi connectivity index (χ1v) is 6.42. The van der Waals surface area contributed by atoms with E-state index in [0.717, 1.165) is 40.4 Å². The Kier molecular flexibility index (Phi) is 2.83. The first kappa shape index (κ1) is 11.1. The number of hydrogen-bond acceptors (Lipinski definition) is 3. The van der Waals surface area contributed by atoms with E-state index in [4.69, 9.17) is 0 Å². The largest absolute Gasteiger partial charge is 0.309 e. The maximum atomic E-state index is 13.1. The molecule has 2 aromatic rings. The molecule has 0 saturated carbocycles. The van der Waals surface area contributed by atoms with Crippen molar-refractivity contribution in [1.82, 2.24) is 20.1 Å². The van der Waals surface area contributed by atoms with Crippen molar-refractivity contribution in [2.45, 2.75) is 13.1 Å². The van der Waals surface area contributed by atoms with E-state index in [2.05, 4.69) is 42.7 Å². The molecule has 6 heteroatoms. The number of nitrogens with zero attached hydrogens (tertiary/aromatic N) is 3. The van der Waals surface area contributed by atoms with Crippen molar-refractivity contribution in [2.24, 2.45) is 0 Å². The smallest absolute Gasteiger partial charge is 0.165 e. The molecular formula is C11H10FIN4. The second-order valence-electron chi connectivity index (χ2n) is 3.89. The number of rotatable bonds is 1. The molecule has 1 aromatic heterocycles. The van der Waals surface area contributed by atoms with Gasteiger partial charge in [-0.05, 0) is 40.8 Å². The highest BCUT2D eigenvalue weighted by atomic mass is 127. The lowest BCUT2D eigenvalue weighted by Gasteiger charge is -2.16. The Hall–Kier alpha value is -1.02. The van der Waals surface area contributed by atoms with Crippen LogP contribution >= 0.6 is 22.6 Å². The van der Waals surface area contributed by atoms with Crippen LogP contribution in [0.2, 0.25) is 0 Å². The molecule has 0 amide bonds. The highest BCUT2D eigenvalue weighted by molar-refractivity contribution is 14.1.